The molecule has 17 heavy (non-hydrogen) atoms. The van der Waals surface area contributed by atoms with E-state index in [4.69, 9.17) is 0 Å². The molecule has 0 saturated carbocycles. The van der Waals surface area contributed by atoms with E-state index in [1.54, 1.807) is 0 Å². The van der Waals surface area contributed by atoms with E-state index >= 15 is 0 Å². The number of rotatable bonds is 2. The summed E-state index contributed by atoms with van der Waals surface area (Å²) in [6.45, 7) is 0.604. The lowest BCUT2D eigenvalue weighted by Crippen LogP contribution is -2.45. The highest BCUT2D eigenvalue weighted by atomic mass is 19.4. The molecule has 0 unspecified atom stereocenters. The zero-order chi connectivity index (χ0) is 14.1. The zero-order valence-corrected chi connectivity index (χ0v) is 7.96. The van der Waals surface area contributed by atoms with Crippen LogP contribution in [0.1, 0.15) is 6.92 Å². The van der Waals surface area contributed by atoms with Gasteiger partial charge >= 0.3 is 18.5 Å². The first-order valence-electron chi connectivity index (χ1n) is 3.83. The molecule has 0 fully saturated rings. The average molecular weight is 276 g/mol. The van der Waals surface area contributed by atoms with Gasteiger partial charge in [0.1, 0.15) is 0 Å². The molecule has 0 N–H and O–H groups in total. The van der Waals surface area contributed by atoms with Crippen LogP contribution in [0, 0.1) is 0 Å². The van der Waals surface area contributed by atoms with Crippen molar-refractivity contribution in [1.82, 2.24) is 0 Å². The fourth-order valence-electron chi connectivity index (χ4n) is 0.745. The molecule has 0 heterocycles. The first-order valence-corrected chi connectivity index (χ1v) is 3.83. The van der Waals surface area contributed by atoms with Crippen molar-refractivity contribution in [2.75, 3.05) is 0 Å². The van der Waals surface area contributed by atoms with E-state index in [0.29, 0.717) is 6.92 Å². The normalized spacial score (nSPS) is 15.4. The number of allylic oxidation sites excluding steroid dienone is 2. The Morgan fingerprint density at radius 1 is 0.882 bits per heavy atom. The minimum absolute atomic E-state index is 0.0233. The minimum Gasteiger partial charge on any atom is -0.466 e. The Hall–Kier alpha value is -1.09. The average Bonchev–Trinajstić information content (AvgIpc) is 1.97. The molecule has 0 aromatic carbocycles. The van der Waals surface area contributed by atoms with Gasteiger partial charge in [0.25, 0.3) is 6.10 Å². The maximum atomic E-state index is 11.9. The summed E-state index contributed by atoms with van der Waals surface area (Å²) >= 11 is 0. The summed E-state index contributed by atoms with van der Waals surface area (Å²) in [4.78, 5) is 0. The third-order valence-corrected chi connectivity index (χ3v) is 1.38. The molecule has 0 atom stereocenters. The van der Waals surface area contributed by atoms with Crippen LogP contribution in [0.4, 0.5) is 39.5 Å². The molecule has 0 aliphatic rings. The largest absolute Gasteiger partial charge is 0.466 e. The van der Waals surface area contributed by atoms with Crippen molar-refractivity contribution >= 4 is 0 Å². The van der Waals surface area contributed by atoms with Crippen molar-refractivity contribution in [3.63, 3.8) is 0 Å². The van der Waals surface area contributed by atoms with Crippen LogP contribution >= 0.6 is 0 Å². The second-order valence-corrected chi connectivity index (χ2v) is 2.73. The van der Waals surface area contributed by atoms with Gasteiger partial charge in [-0.3, -0.25) is 0 Å². The Balaban J connectivity index is 5.16. The SMILES string of the molecule is C/C=C(\OC(C(F)(F)F)C(F)(F)F)C(F)(F)F. The van der Waals surface area contributed by atoms with Crippen LogP contribution in [-0.4, -0.2) is 24.6 Å². The van der Waals surface area contributed by atoms with Gasteiger partial charge in [0, 0.05) is 0 Å². The van der Waals surface area contributed by atoms with Gasteiger partial charge in [-0.25, -0.2) is 0 Å². The molecule has 0 saturated heterocycles. The van der Waals surface area contributed by atoms with Gasteiger partial charge in [-0.15, -0.1) is 0 Å². The molecular weight excluding hydrogens is 271 g/mol. The molecule has 0 aliphatic heterocycles. The van der Waals surface area contributed by atoms with Gasteiger partial charge in [0.15, 0.2) is 5.76 Å². The lowest BCUT2D eigenvalue weighted by molar-refractivity contribution is -0.321. The van der Waals surface area contributed by atoms with E-state index < -0.39 is 30.4 Å². The molecule has 0 aliphatic carbocycles. The molecule has 0 radical (unpaired) electrons. The van der Waals surface area contributed by atoms with Gasteiger partial charge in [0.2, 0.25) is 0 Å². The second kappa shape index (κ2) is 4.65. The summed E-state index contributed by atoms with van der Waals surface area (Å²) in [6, 6.07) is 0. The van der Waals surface area contributed by atoms with Crippen LogP contribution in [0.5, 0.6) is 0 Å². The van der Waals surface area contributed by atoms with E-state index in [-0.39, 0.29) is 6.08 Å². The Morgan fingerprint density at radius 2 is 1.24 bits per heavy atom. The number of alkyl halides is 9. The topological polar surface area (TPSA) is 9.23 Å². The van der Waals surface area contributed by atoms with Crippen molar-refractivity contribution in [1.29, 1.82) is 0 Å². The standard InChI is InChI=1S/C7H5F9O/c1-2-3(5(8,9)10)17-4(6(11,12)13)7(14,15)16/h2,4H,1H3/b3-2-. The Labute approximate surface area is 88.8 Å². The first-order chi connectivity index (χ1) is 7.30. The molecule has 10 heteroatoms. The molecule has 0 aromatic heterocycles. The lowest BCUT2D eigenvalue weighted by Gasteiger charge is -2.25. The molecular formula is C7H5F9O. The Morgan fingerprint density at radius 3 is 1.41 bits per heavy atom. The molecule has 0 rings (SSSR count). The molecule has 0 bridgehead atoms. The quantitative estimate of drug-likeness (QED) is 0.548. The van der Waals surface area contributed by atoms with Crippen LogP contribution < -0.4 is 0 Å². The molecule has 0 amide bonds. The minimum atomic E-state index is -5.99. The van der Waals surface area contributed by atoms with Crippen LogP contribution in [0.2, 0.25) is 0 Å². The smallest absolute Gasteiger partial charge is 0.448 e. The number of halogens is 9. The van der Waals surface area contributed by atoms with Crippen molar-refractivity contribution in [2.24, 2.45) is 0 Å². The summed E-state index contributed by atoms with van der Waals surface area (Å²) in [5.41, 5.74) is 0. The molecule has 0 aromatic rings. The van der Waals surface area contributed by atoms with E-state index in [9.17, 15) is 39.5 Å². The van der Waals surface area contributed by atoms with E-state index in [1.807, 2.05) is 0 Å². The third-order valence-electron chi connectivity index (χ3n) is 1.38. The van der Waals surface area contributed by atoms with Gasteiger partial charge < -0.3 is 4.74 Å². The number of ether oxygens (including phenoxy) is 1. The summed E-state index contributed by atoms with van der Waals surface area (Å²) in [7, 11) is 0. The highest BCUT2D eigenvalue weighted by molar-refractivity contribution is 5.00. The highest BCUT2D eigenvalue weighted by Gasteiger charge is 2.60. The molecule has 1 nitrogen and oxygen atoms in total. The highest BCUT2D eigenvalue weighted by Crippen LogP contribution is 2.39. The van der Waals surface area contributed by atoms with Gasteiger partial charge in [-0.05, 0) is 13.0 Å². The van der Waals surface area contributed by atoms with E-state index in [1.165, 1.54) is 0 Å². The van der Waals surface area contributed by atoms with Crippen molar-refractivity contribution in [3.05, 3.63) is 11.8 Å². The zero-order valence-electron chi connectivity index (χ0n) is 7.96. The van der Waals surface area contributed by atoms with Crippen molar-refractivity contribution in [3.8, 4) is 0 Å². The van der Waals surface area contributed by atoms with E-state index in [2.05, 4.69) is 4.74 Å². The Bertz CT molecular complexity index is 267. The van der Waals surface area contributed by atoms with E-state index in [0.717, 1.165) is 0 Å². The summed E-state index contributed by atoms with van der Waals surface area (Å²) in [5, 5.41) is 0. The van der Waals surface area contributed by atoms with Crippen molar-refractivity contribution in [2.45, 2.75) is 31.6 Å². The summed E-state index contributed by atoms with van der Waals surface area (Å²) in [6.07, 6.45) is -21.9. The second-order valence-electron chi connectivity index (χ2n) is 2.73. The maximum Gasteiger partial charge on any atom is 0.448 e. The van der Waals surface area contributed by atoms with Crippen LogP contribution in [-0.2, 0) is 4.74 Å². The predicted octanol–water partition coefficient (Wildman–Crippen LogP) is 3.96. The van der Waals surface area contributed by atoms with Gasteiger partial charge in [-0.2, -0.15) is 39.5 Å². The van der Waals surface area contributed by atoms with Crippen LogP contribution in [0.15, 0.2) is 11.8 Å². The van der Waals surface area contributed by atoms with Crippen molar-refractivity contribution < 1.29 is 44.3 Å². The van der Waals surface area contributed by atoms with Crippen LogP contribution in [0.25, 0.3) is 0 Å². The predicted molar refractivity (Wildman–Crippen MR) is 36.8 cm³/mol. The molecule has 102 valence electrons. The third kappa shape index (κ3) is 4.73. The van der Waals surface area contributed by atoms with Gasteiger partial charge in [0.05, 0.1) is 0 Å². The molecule has 0 spiro atoms. The maximum absolute atomic E-state index is 11.9. The van der Waals surface area contributed by atoms with Crippen LogP contribution in [0.3, 0.4) is 0 Å². The fourth-order valence-corrected chi connectivity index (χ4v) is 0.745. The lowest BCUT2D eigenvalue weighted by atomic mass is 10.3. The fraction of sp³-hybridized carbons (Fsp3) is 0.714. The Kier molecular flexibility index (Phi) is 4.35. The monoisotopic (exact) mass is 276 g/mol. The summed E-state index contributed by atoms with van der Waals surface area (Å²) in [5.74, 6) is -2.35. The first kappa shape index (κ1) is 15.9. The number of hydrogen-bond donors (Lipinski definition) is 0. The summed E-state index contributed by atoms with van der Waals surface area (Å²) < 4.78 is 110. The number of hydrogen-bond acceptors (Lipinski definition) is 1. The van der Waals surface area contributed by atoms with Gasteiger partial charge in [-0.1, -0.05) is 0 Å².